The molecule has 1 rings (SSSR count). The van der Waals surface area contributed by atoms with E-state index in [1.165, 1.54) is 0 Å². The van der Waals surface area contributed by atoms with Gasteiger partial charge in [0.05, 0.1) is 4.47 Å². The molecule has 0 aliphatic rings. The Hall–Kier alpha value is 1.38. The van der Waals surface area contributed by atoms with Gasteiger partial charge in [0.1, 0.15) is 0 Å². The van der Waals surface area contributed by atoms with E-state index < -0.39 is 3.42 Å². The molecule has 0 fully saturated rings. The van der Waals surface area contributed by atoms with Gasteiger partial charge >= 0.3 is 0 Å². The van der Waals surface area contributed by atoms with Crippen LogP contribution in [-0.2, 0) is 0 Å². The molecule has 0 aromatic heterocycles. The molecule has 7 heteroatoms. The van der Waals surface area contributed by atoms with Gasteiger partial charge in [-0.1, -0.05) is 6.92 Å². The van der Waals surface area contributed by atoms with E-state index in [0.29, 0.717) is 6.42 Å². The van der Waals surface area contributed by atoms with E-state index in [0.717, 1.165) is 19.1 Å². The highest BCUT2D eigenvalue weighted by Crippen LogP contribution is 2.34. The molecular weight excluding hydrogens is 538 g/mol. The Balaban J connectivity index is 0.000000325. The lowest BCUT2D eigenvalue weighted by atomic mass is 10.3. The molecule has 0 radical (unpaired) electrons. The molecule has 0 aliphatic heterocycles. The number of benzene rings is 1. The van der Waals surface area contributed by atoms with E-state index in [2.05, 4.69) is 79.6 Å². The van der Waals surface area contributed by atoms with Crippen molar-refractivity contribution in [3.63, 3.8) is 0 Å². The maximum Gasteiger partial charge on any atom is 0.174 e. The van der Waals surface area contributed by atoms with Crippen molar-refractivity contribution in [2.75, 3.05) is 5.73 Å². The normalized spacial score (nSPS) is 10.7. The number of rotatable bonds is 1. The van der Waals surface area contributed by atoms with Crippen LogP contribution in [0.2, 0.25) is 0 Å². The van der Waals surface area contributed by atoms with Crippen LogP contribution >= 0.6 is 79.6 Å². The van der Waals surface area contributed by atoms with Crippen LogP contribution in [0.1, 0.15) is 13.3 Å². The standard InChI is InChI=1S/C6H4Br3N.C3H6Br2O/c7-3-1-2-4(10)6(9)5(3)8;1-2-3(4,5)6/h1-2H,10H2;6H,2H2,1H3. The molecule has 0 amide bonds. The molecule has 0 atom stereocenters. The Morgan fingerprint density at radius 1 is 1.19 bits per heavy atom. The number of alkyl halides is 2. The molecule has 0 bridgehead atoms. The molecule has 3 N–H and O–H groups in total. The fourth-order valence-electron chi connectivity index (χ4n) is 0.541. The molecule has 0 aliphatic carbocycles. The van der Waals surface area contributed by atoms with Crippen molar-refractivity contribution in [2.24, 2.45) is 0 Å². The van der Waals surface area contributed by atoms with Gasteiger partial charge in [-0.05, 0) is 98.2 Å². The van der Waals surface area contributed by atoms with Crippen molar-refractivity contribution >= 4 is 85.3 Å². The van der Waals surface area contributed by atoms with Gasteiger partial charge < -0.3 is 10.8 Å². The highest BCUT2D eigenvalue weighted by atomic mass is 79.9. The summed E-state index contributed by atoms with van der Waals surface area (Å²) in [5.41, 5.74) is 6.32. The van der Waals surface area contributed by atoms with Gasteiger partial charge in [0, 0.05) is 14.6 Å². The lowest BCUT2D eigenvalue weighted by Gasteiger charge is -2.06. The van der Waals surface area contributed by atoms with Crippen LogP contribution in [0.25, 0.3) is 0 Å². The zero-order chi connectivity index (χ0) is 12.9. The summed E-state index contributed by atoms with van der Waals surface area (Å²) in [7, 11) is 0. The molecule has 1 aromatic rings. The maximum atomic E-state index is 8.66. The summed E-state index contributed by atoms with van der Waals surface area (Å²) < 4.78 is 2.00. The zero-order valence-corrected chi connectivity index (χ0v) is 16.2. The minimum absolute atomic E-state index is 0.660. The highest BCUT2D eigenvalue weighted by Gasteiger charge is 2.11. The van der Waals surface area contributed by atoms with Gasteiger partial charge in [-0.3, -0.25) is 0 Å². The molecule has 0 spiro atoms. The lowest BCUT2D eigenvalue weighted by molar-refractivity contribution is 0.240. The topological polar surface area (TPSA) is 46.2 Å². The summed E-state index contributed by atoms with van der Waals surface area (Å²) in [4.78, 5) is 0. The third kappa shape index (κ3) is 6.96. The molecule has 0 unspecified atom stereocenters. The van der Waals surface area contributed by atoms with Crippen molar-refractivity contribution in [1.29, 1.82) is 0 Å². The molecular formula is C9H10Br5NO. The molecule has 16 heavy (non-hydrogen) atoms. The number of anilines is 1. The second-order valence-corrected chi connectivity index (χ2v) is 8.91. The molecule has 0 heterocycles. The summed E-state index contributed by atoms with van der Waals surface area (Å²) in [6, 6.07) is 3.73. The van der Waals surface area contributed by atoms with E-state index in [4.69, 9.17) is 10.8 Å². The van der Waals surface area contributed by atoms with Crippen molar-refractivity contribution in [3.05, 3.63) is 25.6 Å². The first kappa shape index (κ1) is 17.4. The first-order valence-corrected chi connectivity index (χ1v) is 8.14. The zero-order valence-electron chi connectivity index (χ0n) is 8.28. The van der Waals surface area contributed by atoms with Gasteiger partial charge in [-0.15, -0.1) is 0 Å². The number of halogens is 5. The Morgan fingerprint density at radius 3 is 1.94 bits per heavy atom. The number of nitrogen functional groups attached to an aromatic ring is 1. The van der Waals surface area contributed by atoms with Gasteiger partial charge in [0.25, 0.3) is 0 Å². The molecule has 0 saturated heterocycles. The second kappa shape index (κ2) is 7.74. The van der Waals surface area contributed by atoms with Crippen LogP contribution in [0.5, 0.6) is 0 Å². The minimum atomic E-state index is -0.833. The Bertz CT molecular complexity index is 323. The summed E-state index contributed by atoms with van der Waals surface area (Å²) in [5.74, 6) is 0. The van der Waals surface area contributed by atoms with Crippen LogP contribution in [0, 0.1) is 0 Å². The number of hydrogen-bond donors (Lipinski definition) is 2. The van der Waals surface area contributed by atoms with Gasteiger partial charge in [-0.25, -0.2) is 0 Å². The Labute approximate surface area is 137 Å². The fourth-order valence-corrected chi connectivity index (χ4v) is 1.84. The van der Waals surface area contributed by atoms with E-state index in [1.54, 1.807) is 0 Å². The van der Waals surface area contributed by atoms with E-state index >= 15 is 0 Å². The second-order valence-electron chi connectivity index (χ2n) is 2.78. The fraction of sp³-hybridized carbons (Fsp3) is 0.333. The molecule has 92 valence electrons. The lowest BCUT2D eigenvalue weighted by Crippen LogP contribution is -2.04. The first-order valence-electron chi connectivity index (χ1n) is 4.18. The SMILES string of the molecule is CCC(O)(Br)Br.Nc1ccc(Br)c(Br)c1Br. The Morgan fingerprint density at radius 2 is 1.62 bits per heavy atom. The predicted octanol–water partition coefficient (Wildman–Crippen LogP) is 5.39. The summed E-state index contributed by atoms with van der Waals surface area (Å²) in [6.07, 6.45) is 0.660. The van der Waals surface area contributed by atoms with Crippen molar-refractivity contribution in [2.45, 2.75) is 16.8 Å². The van der Waals surface area contributed by atoms with Gasteiger partial charge in [0.2, 0.25) is 0 Å². The summed E-state index contributed by atoms with van der Waals surface area (Å²) in [5, 5.41) is 8.66. The molecule has 2 nitrogen and oxygen atoms in total. The predicted molar refractivity (Wildman–Crippen MR) is 87.0 cm³/mol. The summed E-state index contributed by atoms with van der Waals surface area (Å²) in [6.45, 7) is 1.86. The number of hydrogen-bond acceptors (Lipinski definition) is 2. The van der Waals surface area contributed by atoms with Gasteiger partial charge in [-0.2, -0.15) is 0 Å². The molecule has 1 aromatic carbocycles. The van der Waals surface area contributed by atoms with Crippen LogP contribution in [0.4, 0.5) is 5.69 Å². The summed E-state index contributed by atoms with van der Waals surface area (Å²) >= 11 is 15.9. The van der Waals surface area contributed by atoms with Gasteiger partial charge in [0.15, 0.2) is 3.42 Å². The Kier molecular flexibility index (Phi) is 8.40. The third-order valence-electron chi connectivity index (χ3n) is 1.49. The number of aliphatic hydroxyl groups is 1. The van der Waals surface area contributed by atoms with Crippen molar-refractivity contribution < 1.29 is 5.11 Å². The van der Waals surface area contributed by atoms with Crippen LogP contribution in [0.3, 0.4) is 0 Å². The quantitative estimate of drug-likeness (QED) is 0.282. The monoisotopic (exact) mass is 543 g/mol. The third-order valence-corrected chi connectivity index (χ3v) is 6.01. The highest BCUT2D eigenvalue weighted by molar-refractivity contribution is 9.25. The van der Waals surface area contributed by atoms with E-state index in [9.17, 15) is 0 Å². The molecule has 0 saturated carbocycles. The largest absolute Gasteiger partial charge is 0.398 e. The average molecular weight is 548 g/mol. The van der Waals surface area contributed by atoms with Crippen LogP contribution in [0.15, 0.2) is 25.6 Å². The minimum Gasteiger partial charge on any atom is -0.398 e. The van der Waals surface area contributed by atoms with E-state index in [1.807, 2.05) is 19.1 Å². The number of nitrogens with two attached hydrogens (primary N) is 1. The van der Waals surface area contributed by atoms with Crippen LogP contribution < -0.4 is 5.73 Å². The maximum absolute atomic E-state index is 8.66. The van der Waals surface area contributed by atoms with Crippen molar-refractivity contribution in [3.8, 4) is 0 Å². The van der Waals surface area contributed by atoms with Crippen molar-refractivity contribution in [1.82, 2.24) is 0 Å². The smallest absolute Gasteiger partial charge is 0.174 e. The first-order chi connectivity index (χ1) is 7.19. The van der Waals surface area contributed by atoms with Crippen LogP contribution in [-0.4, -0.2) is 8.53 Å². The average Bonchev–Trinajstić information content (AvgIpc) is 2.21. The van der Waals surface area contributed by atoms with E-state index in [-0.39, 0.29) is 0 Å².